The van der Waals surface area contributed by atoms with Gasteiger partial charge in [-0.05, 0) is 86.8 Å². The highest BCUT2D eigenvalue weighted by molar-refractivity contribution is 9.10. The number of hydrogen-bond acceptors (Lipinski definition) is 4. The normalized spacial score (nSPS) is 14.3. The van der Waals surface area contributed by atoms with E-state index in [0.717, 1.165) is 42.6 Å². The molecule has 4 rings (SSSR count). The van der Waals surface area contributed by atoms with Gasteiger partial charge in [0.05, 0.1) is 5.69 Å². The number of benzene rings is 3. The number of amides is 2. The van der Waals surface area contributed by atoms with Crippen LogP contribution in [0.3, 0.4) is 0 Å². The molecule has 0 atom stereocenters. The Morgan fingerprint density at radius 3 is 2.13 bits per heavy atom. The van der Waals surface area contributed by atoms with Gasteiger partial charge in [0.2, 0.25) is 5.91 Å². The van der Waals surface area contributed by atoms with Crippen molar-refractivity contribution in [3.63, 3.8) is 0 Å². The Morgan fingerprint density at radius 1 is 0.947 bits per heavy atom. The molecule has 200 valence electrons. The van der Waals surface area contributed by atoms with Gasteiger partial charge in [0.15, 0.2) is 0 Å². The maximum absolute atomic E-state index is 15.3. The molecule has 3 aromatic carbocycles. The Morgan fingerprint density at radius 2 is 1.55 bits per heavy atom. The second-order valence-electron chi connectivity index (χ2n) is 9.56. The van der Waals surface area contributed by atoms with Crippen molar-refractivity contribution in [2.45, 2.75) is 39.3 Å². The van der Waals surface area contributed by atoms with Crippen molar-refractivity contribution in [1.29, 1.82) is 0 Å². The van der Waals surface area contributed by atoms with Crippen LogP contribution in [0.15, 0.2) is 71.2 Å². The molecule has 1 heterocycles. The molecule has 0 radical (unpaired) electrons. The molecule has 8 heteroatoms. The smallest absolute Gasteiger partial charge is 0.253 e. The van der Waals surface area contributed by atoms with Crippen LogP contribution in [-0.4, -0.2) is 53.8 Å². The van der Waals surface area contributed by atoms with Crippen LogP contribution >= 0.6 is 15.9 Å². The summed E-state index contributed by atoms with van der Waals surface area (Å²) in [5.74, 6) is -1.05. The largest absolute Gasteiger partial charge is 0.366 e. The fraction of sp³-hybridized carbons (Fsp3) is 0.333. The lowest BCUT2D eigenvalue weighted by molar-refractivity contribution is 0.0772. The molecule has 0 saturated carbocycles. The summed E-state index contributed by atoms with van der Waals surface area (Å²) >= 11 is 3.49. The van der Waals surface area contributed by atoms with Gasteiger partial charge in [0.25, 0.3) is 5.91 Å². The van der Waals surface area contributed by atoms with E-state index >= 15 is 4.39 Å². The number of hydrogen-bond donors (Lipinski definition) is 1. The van der Waals surface area contributed by atoms with Crippen molar-refractivity contribution >= 4 is 39.1 Å². The minimum atomic E-state index is -0.601. The number of nitrogens with zero attached hydrogens (tertiary/aromatic N) is 3. The fourth-order valence-corrected chi connectivity index (χ4v) is 5.30. The Balaban J connectivity index is 1.60. The molecule has 0 bridgehead atoms. The molecule has 1 fully saturated rings. The number of halogens is 2. The van der Waals surface area contributed by atoms with Crippen LogP contribution in [0.5, 0.6) is 0 Å². The molecule has 2 N–H and O–H groups in total. The van der Waals surface area contributed by atoms with Crippen molar-refractivity contribution < 1.29 is 14.0 Å². The summed E-state index contributed by atoms with van der Waals surface area (Å²) in [5.41, 5.74) is 8.71. The Bertz CT molecular complexity index is 1250. The van der Waals surface area contributed by atoms with E-state index in [1.165, 1.54) is 23.8 Å². The third kappa shape index (κ3) is 6.42. The van der Waals surface area contributed by atoms with E-state index < -0.39 is 11.7 Å². The van der Waals surface area contributed by atoms with Crippen LogP contribution in [0.1, 0.15) is 53.0 Å². The maximum atomic E-state index is 15.3. The Hall–Kier alpha value is -3.23. The predicted octanol–water partition coefficient (Wildman–Crippen LogP) is 5.97. The SMILES string of the molecule is CCN(CC)C(=O)c1ccc(N(c2cc(C(N)=O)ccc2F)C2CCN(Cc3ccc(Br)cc3)CC2)cc1. The molecule has 1 aliphatic heterocycles. The first-order valence-corrected chi connectivity index (χ1v) is 13.8. The van der Waals surface area contributed by atoms with Gasteiger partial charge in [-0.1, -0.05) is 28.1 Å². The quantitative estimate of drug-likeness (QED) is 0.338. The summed E-state index contributed by atoms with van der Waals surface area (Å²) in [6.45, 7) is 7.73. The van der Waals surface area contributed by atoms with Gasteiger partial charge in [0.1, 0.15) is 5.82 Å². The molecule has 1 aliphatic rings. The predicted molar refractivity (Wildman–Crippen MR) is 153 cm³/mol. The lowest BCUT2D eigenvalue weighted by Crippen LogP contribution is -2.43. The first kappa shape index (κ1) is 27.8. The first-order chi connectivity index (χ1) is 18.3. The van der Waals surface area contributed by atoms with Gasteiger partial charge >= 0.3 is 0 Å². The number of carbonyl (C=O) groups excluding carboxylic acids is 2. The third-order valence-electron chi connectivity index (χ3n) is 7.17. The standard InChI is InChI=1S/C30H34BrFN4O2/c1-3-35(4-2)30(38)22-7-12-25(13-8-22)36(28-19-23(29(33)37)9-14-27(28)32)26-15-17-34(18-16-26)20-21-5-10-24(31)11-6-21/h5-14,19,26H,3-4,15-18,20H2,1-2H3,(H2,33,37). The topological polar surface area (TPSA) is 69.9 Å². The van der Waals surface area contributed by atoms with Crippen LogP contribution < -0.4 is 10.6 Å². The van der Waals surface area contributed by atoms with E-state index in [1.54, 1.807) is 17.0 Å². The summed E-state index contributed by atoms with van der Waals surface area (Å²) in [4.78, 5) is 30.9. The van der Waals surface area contributed by atoms with Crippen LogP contribution in [0, 0.1) is 5.82 Å². The van der Waals surface area contributed by atoms with E-state index in [4.69, 9.17) is 5.73 Å². The number of anilines is 2. The highest BCUT2D eigenvalue weighted by Crippen LogP contribution is 2.35. The number of rotatable bonds is 9. The molecular weight excluding hydrogens is 547 g/mol. The zero-order chi connectivity index (χ0) is 27.2. The molecule has 0 unspecified atom stereocenters. The third-order valence-corrected chi connectivity index (χ3v) is 7.70. The minimum Gasteiger partial charge on any atom is -0.366 e. The van der Waals surface area contributed by atoms with E-state index in [2.05, 4.69) is 33.0 Å². The maximum Gasteiger partial charge on any atom is 0.253 e. The summed E-state index contributed by atoms with van der Waals surface area (Å²) in [6.07, 6.45) is 1.63. The average molecular weight is 582 g/mol. The monoisotopic (exact) mass is 580 g/mol. The lowest BCUT2D eigenvalue weighted by atomic mass is 9.99. The van der Waals surface area contributed by atoms with Gasteiger partial charge in [-0.2, -0.15) is 0 Å². The van der Waals surface area contributed by atoms with E-state index in [0.29, 0.717) is 24.3 Å². The van der Waals surface area contributed by atoms with Gasteiger partial charge in [-0.25, -0.2) is 4.39 Å². The van der Waals surface area contributed by atoms with Crippen molar-refractivity contribution in [2.75, 3.05) is 31.1 Å². The van der Waals surface area contributed by atoms with Crippen molar-refractivity contribution in [3.8, 4) is 0 Å². The Kier molecular flexibility index (Phi) is 9.17. The van der Waals surface area contributed by atoms with Crippen LogP contribution in [0.25, 0.3) is 0 Å². The molecule has 6 nitrogen and oxygen atoms in total. The molecule has 3 aromatic rings. The van der Waals surface area contributed by atoms with E-state index in [-0.39, 0.29) is 17.5 Å². The van der Waals surface area contributed by atoms with E-state index in [1.807, 2.05) is 43.0 Å². The second kappa shape index (κ2) is 12.5. The van der Waals surface area contributed by atoms with Crippen LogP contribution in [-0.2, 0) is 6.54 Å². The highest BCUT2D eigenvalue weighted by Gasteiger charge is 2.28. The summed E-state index contributed by atoms with van der Waals surface area (Å²) in [6, 6.07) is 19.9. The van der Waals surface area contributed by atoms with Crippen molar-refractivity contribution in [3.05, 3.63) is 93.7 Å². The number of likely N-dealkylation sites (tertiary alicyclic amines) is 1. The summed E-state index contributed by atoms with van der Waals surface area (Å²) in [5, 5.41) is 0. The Labute approximate surface area is 232 Å². The zero-order valence-corrected chi connectivity index (χ0v) is 23.5. The fourth-order valence-electron chi connectivity index (χ4n) is 5.04. The van der Waals surface area contributed by atoms with Gasteiger partial charge in [0, 0.05) is 60.1 Å². The molecule has 2 amide bonds. The van der Waals surface area contributed by atoms with Crippen LogP contribution in [0.2, 0.25) is 0 Å². The minimum absolute atomic E-state index is 0.0122. The number of nitrogens with two attached hydrogens (primary N) is 1. The van der Waals surface area contributed by atoms with Crippen molar-refractivity contribution in [1.82, 2.24) is 9.80 Å². The molecular formula is C30H34BrFN4O2. The number of primary amides is 1. The first-order valence-electron chi connectivity index (χ1n) is 13.1. The second-order valence-corrected chi connectivity index (χ2v) is 10.5. The van der Waals surface area contributed by atoms with Gasteiger partial charge in [-0.15, -0.1) is 0 Å². The zero-order valence-electron chi connectivity index (χ0n) is 21.9. The molecule has 38 heavy (non-hydrogen) atoms. The van der Waals surface area contributed by atoms with Crippen molar-refractivity contribution in [2.24, 2.45) is 5.73 Å². The summed E-state index contributed by atoms with van der Waals surface area (Å²) in [7, 11) is 0. The number of piperidine rings is 1. The van der Waals surface area contributed by atoms with Gasteiger partial charge < -0.3 is 15.5 Å². The summed E-state index contributed by atoms with van der Waals surface area (Å²) < 4.78 is 16.3. The molecule has 0 aliphatic carbocycles. The molecule has 1 saturated heterocycles. The van der Waals surface area contributed by atoms with Crippen LogP contribution in [0.4, 0.5) is 15.8 Å². The molecule has 0 aromatic heterocycles. The van der Waals surface area contributed by atoms with E-state index in [9.17, 15) is 9.59 Å². The highest BCUT2D eigenvalue weighted by atomic mass is 79.9. The molecule has 0 spiro atoms. The lowest BCUT2D eigenvalue weighted by Gasteiger charge is -2.40. The van der Waals surface area contributed by atoms with Gasteiger partial charge in [-0.3, -0.25) is 14.5 Å². The average Bonchev–Trinajstić information content (AvgIpc) is 2.93. The number of carbonyl (C=O) groups is 2.